The van der Waals surface area contributed by atoms with Crippen LogP contribution < -0.4 is 10.7 Å². The largest absolute Gasteiger partial charge is 0.420 e. The number of oxazole rings is 1. The SMILES string of the molecule is CN(C)CCN(C(=O)Cn1c(=O)oc2ccccc21)c1nc2ccc(F)cc2s1. The minimum atomic E-state index is -0.585. The molecule has 0 spiro atoms. The summed E-state index contributed by atoms with van der Waals surface area (Å²) in [6.45, 7) is 0.823. The van der Waals surface area contributed by atoms with Crippen LogP contribution in [0.2, 0.25) is 0 Å². The van der Waals surface area contributed by atoms with Gasteiger partial charge < -0.3 is 9.32 Å². The quantitative estimate of drug-likeness (QED) is 0.485. The van der Waals surface area contributed by atoms with Crippen molar-refractivity contribution in [3.8, 4) is 0 Å². The van der Waals surface area contributed by atoms with Crippen molar-refractivity contribution >= 4 is 43.7 Å². The molecule has 4 rings (SSSR count). The highest BCUT2D eigenvalue weighted by atomic mass is 32.1. The van der Waals surface area contributed by atoms with E-state index < -0.39 is 5.76 Å². The van der Waals surface area contributed by atoms with Crippen LogP contribution in [0.25, 0.3) is 21.3 Å². The first-order chi connectivity index (χ1) is 13.9. The Labute approximate surface area is 169 Å². The van der Waals surface area contributed by atoms with Crippen LogP contribution >= 0.6 is 11.3 Å². The smallest absolute Gasteiger partial charge is 0.408 e. The lowest BCUT2D eigenvalue weighted by molar-refractivity contribution is -0.119. The number of likely N-dealkylation sites (N-methyl/N-ethyl adjacent to an activating group) is 1. The standard InChI is InChI=1S/C20H19FN4O3S/c1-23(2)9-10-24(19-22-14-8-7-13(21)11-17(14)29-19)18(26)12-25-15-5-3-4-6-16(15)28-20(25)27/h3-8,11H,9-10,12H2,1-2H3. The van der Waals surface area contributed by atoms with E-state index in [-0.39, 0.29) is 18.3 Å². The number of carbonyl (C=O) groups excluding carboxylic acids is 1. The molecule has 0 N–H and O–H groups in total. The first kappa shape index (κ1) is 19.3. The Kier molecular flexibility index (Phi) is 5.16. The van der Waals surface area contributed by atoms with Gasteiger partial charge in [-0.2, -0.15) is 0 Å². The molecule has 0 aliphatic rings. The second kappa shape index (κ2) is 7.76. The van der Waals surface area contributed by atoms with Crippen LogP contribution in [-0.4, -0.2) is 47.5 Å². The van der Waals surface area contributed by atoms with Crippen molar-refractivity contribution in [2.75, 3.05) is 32.1 Å². The Morgan fingerprint density at radius 1 is 1.21 bits per heavy atom. The Balaban J connectivity index is 1.69. The highest BCUT2D eigenvalue weighted by Gasteiger charge is 2.22. The Bertz CT molecular complexity index is 1240. The second-order valence-electron chi connectivity index (χ2n) is 6.88. The number of hydrogen-bond donors (Lipinski definition) is 0. The fourth-order valence-corrected chi connectivity index (χ4v) is 4.05. The van der Waals surface area contributed by atoms with Crippen LogP contribution in [0.15, 0.2) is 51.7 Å². The summed E-state index contributed by atoms with van der Waals surface area (Å²) in [7, 11) is 3.81. The maximum atomic E-state index is 13.5. The fraction of sp³-hybridized carbons (Fsp3) is 0.250. The van der Waals surface area contributed by atoms with E-state index in [9.17, 15) is 14.0 Å². The summed E-state index contributed by atoms with van der Waals surface area (Å²) in [5.41, 5.74) is 1.62. The zero-order valence-electron chi connectivity index (χ0n) is 16.0. The van der Waals surface area contributed by atoms with E-state index in [1.807, 2.05) is 19.0 Å². The van der Waals surface area contributed by atoms with Crippen molar-refractivity contribution in [2.24, 2.45) is 0 Å². The number of nitrogens with zero attached hydrogens (tertiary/aromatic N) is 4. The number of aromatic nitrogens is 2. The fourth-order valence-electron chi connectivity index (χ4n) is 3.01. The normalized spacial score (nSPS) is 11.6. The van der Waals surface area contributed by atoms with Gasteiger partial charge in [0, 0.05) is 13.1 Å². The number of anilines is 1. The van der Waals surface area contributed by atoms with Crippen molar-refractivity contribution in [2.45, 2.75) is 6.54 Å². The molecule has 1 amide bonds. The first-order valence-electron chi connectivity index (χ1n) is 9.02. The number of amides is 1. The highest BCUT2D eigenvalue weighted by molar-refractivity contribution is 7.22. The number of rotatable bonds is 6. The van der Waals surface area contributed by atoms with Crippen molar-refractivity contribution in [3.05, 3.63) is 58.8 Å². The van der Waals surface area contributed by atoms with Gasteiger partial charge in [-0.05, 0) is 44.4 Å². The number of halogens is 1. The maximum absolute atomic E-state index is 13.5. The molecule has 150 valence electrons. The second-order valence-corrected chi connectivity index (χ2v) is 7.89. The molecule has 29 heavy (non-hydrogen) atoms. The van der Waals surface area contributed by atoms with Gasteiger partial charge in [-0.3, -0.25) is 14.3 Å². The summed E-state index contributed by atoms with van der Waals surface area (Å²) in [5.74, 6) is -1.23. The maximum Gasteiger partial charge on any atom is 0.420 e. The Morgan fingerprint density at radius 2 is 2.00 bits per heavy atom. The zero-order valence-corrected chi connectivity index (χ0v) is 16.8. The Hall–Kier alpha value is -3.04. The number of fused-ring (bicyclic) bond motifs is 2. The van der Waals surface area contributed by atoms with Crippen LogP contribution in [0, 0.1) is 5.82 Å². The number of hydrogen-bond acceptors (Lipinski definition) is 6. The molecule has 0 saturated heterocycles. The number of thiazole rings is 1. The summed E-state index contributed by atoms with van der Waals surface area (Å²) in [6.07, 6.45) is 0. The molecule has 9 heteroatoms. The van der Waals surface area contributed by atoms with Gasteiger partial charge in [0.1, 0.15) is 12.4 Å². The average molecular weight is 414 g/mol. The van der Waals surface area contributed by atoms with Crippen molar-refractivity contribution in [3.63, 3.8) is 0 Å². The van der Waals surface area contributed by atoms with Crippen LogP contribution in [0.5, 0.6) is 0 Å². The molecule has 0 fully saturated rings. The van der Waals surface area contributed by atoms with E-state index in [4.69, 9.17) is 4.42 Å². The van der Waals surface area contributed by atoms with Crippen molar-refractivity contribution < 1.29 is 13.6 Å². The summed E-state index contributed by atoms with van der Waals surface area (Å²) in [4.78, 5) is 33.4. The Morgan fingerprint density at radius 3 is 2.79 bits per heavy atom. The molecule has 0 unspecified atom stereocenters. The van der Waals surface area contributed by atoms with Gasteiger partial charge in [0.25, 0.3) is 0 Å². The van der Waals surface area contributed by atoms with E-state index in [1.165, 1.54) is 32.9 Å². The monoisotopic (exact) mass is 414 g/mol. The molecule has 0 radical (unpaired) electrons. The van der Waals surface area contributed by atoms with Gasteiger partial charge in [-0.15, -0.1) is 0 Å². The third kappa shape index (κ3) is 3.92. The number of para-hydroxylation sites is 2. The predicted octanol–water partition coefficient (Wildman–Crippen LogP) is 2.94. The van der Waals surface area contributed by atoms with Gasteiger partial charge in [0.2, 0.25) is 5.91 Å². The van der Waals surface area contributed by atoms with E-state index in [2.05, 4.69) is 4.98 Å². The third-order valence-electron chi connectivity index (χ3n) is 4.51. The van der Waals surface area contributed by atoms with E-state index in [0.29, 0.717) is 39.5 Å². The van der Waals surface area contributed by atoms with E-state index in [0.717, 1.165) is 0 Å². The lowest BCUT2D eigenvalue weighted by Gasteiger charge is -2.22. The molecule has 0 saturated carbocycles. The average Bonchev–Trinajstić information content (AvgIpc) is 3.22. The summed E-state index contributed by atoms with van der Waals surface area (Å²) < 4.78 is 20.7. The molecule has 2 heterocycles. The predicted molar refractivity (Wildman–Crippen MR) is 111 cm³/mol. The van der Waals surface area contributed by atoms with Gasteiger partial charge in [0.05, 0.1) is 15.7 Å². The molecule has 7 nitrogen and oxygen atoms in total. The molecule has 2 aromatic carbocycles. The van der Waals surface area contributed by atoms with Crippen molar-refractivity contribution in [1.29, 1.82) is 0 Å². The number of carbonyl (C=O) groups is 1. The van der Waals surface area contributed by atoms with Gasteiger partial charge >= 0.3 is 5.76 Å². The molecule has 0 aliphatic heterocycles. The van der Waals surface area contributed by atoms with E-state index >= 15 is 0 Å². The number of benzene rings is 2. The molecular weight excluding hydrogens is 395 g/mol. The van der Waals surface area contributed by atoms with Gasteiger partial charge in [0.15, 0.2) is 10.7 Å². The van der Waals surface area contributed by atoms with Crippen LogP contribution in [0.3, 0.4) is 0 Å². The molecule has 0 atom stereocenters. The lowest BCUT2D eigenvalue weighted by atomic mass is 10.3. The topological polar surface area (TPSA) is 71.6 Å². The highest BCUT2D eigenvalue weighted by Crippen LogP contribution is 2.29. The molecule has 0 aliphatic carbocycles. The first-order valence-corrected chi connectivity index (χ1v) is 9.83. The minimum Gasteiger partial charge on any atom is -0.408 e. The van der Waals surface area contributed by atoms with Gasteiger partial charge in [-0.25, -0.2) is 14.2 Å². The molecule has 0 bridgehead atoms. The summed E-state index contributed by atoms with van der Waals surface area (Å²) >= 11 is 1.24. The third-order valence-corrected chi connectivity index (χ3v) is 5.55. The zero-order chi connectivity index (χ0) is 20.5. The minimum absolute atomic E-state index is 0.173. The molecular formula is C20H19FN4O3S. The van der Waals surface area contributed by atoms with Gasteiger partial charge in [-0.1, -0.05) is 23.5 Å². The van der Waals surface area contributed by atoms with Crippen LogP contribution in [0.4, 0.5) is 9.52 Å². The molecule has 2 aromatic heterocycles. The van der Waals surface area contributed by atoms with Crippen LogP contribution in [-0.2, 0) is 11.3 Å². The summed E-state index contributed by atoms with van der Waals surface area (Å²) in [5, 5.41) is 0.471. The lowest BCUT2D eigenvalue weighted by Crippen LogP contribution is -2.39. The molecule has 4 aromatic rings. The summed E-state index contributed by atoms with van der Waals surface area (Å²) in [6, 6.07) is 11.3. The van der Waals surface area contributed by atoms with Crippen molar-refractivity contribution in [1.82, 2.24) is 14.5 Å². The van der Waals surface area contributed by atoms with Crippen LogP contribution in [0.1, 0.15) is 0 Å². The van der Waals surface area contributed by atoms with E-state index in [1.54, 1.807) is 30.3 Å².